The predicted molar refractivity (Wildman–Crippen MR) is 81.3 cm³/mol. The monoisotopic (exact) mass is 271 g/mol. The van der Waals surface area contributed by atoms with Gasteiger partial charge in [0.15, 0.2) is 0 Å². The molecule has 2 N–H and O–H groups in total. The van der Waals surface area contributed by atoms with Gasteiger partial charge in [0.05, 0.1) is 13.2 Å². The van der Waals surface area contributed by atoms with Crippen molar-refractivity contribution in [3.05, 3.63) is 59.2 Å². The number of ether oxygens (including phenoxy) is 2. The van der Waals surface area contributed by atoms with Crippen molar-refractivity contribution >= 4 is 0 Å². The van der Waals surface area contributed by atoms with E-state index in [4.69, 9.17) is 15.2 Å². The van der Waals surface area contributed by atoms with E-state index >= 15 is 0 Å². The normalized spacial score (nSPS) is 12.0. The molecule has 0 bridgehead atoms. The lowest BCUT2D eigenvalue weighted by atomic mass is 10.1. The van der Waals surface area contributed by atoms with Crippen molar-refractivity contribution in [2.45, 2.75) is 19.9 Å². The number of hydrogen-bond donors (Lipinski definition) is 1. The average Bonchev–Trinajstić information content (AvgIpc) is 2.46. The number of nitrogens with two attached hydrogens (primary N) is 1. The molecule has 3 nitrogen and oxygen atoms in total. The summed E-state index contributed by atoms with van der Waals surface area (Å²) in [5.74, 6) is 1.71. The zero-order valence-corrected chi connectivity index (χ0v) is 12.2. The van der Waals surface area contributed by atoms with E-state index in [1.54, 1.807) is 7.11 Å². The van der Waals surface area contributed by atoms with Crippen molar-refractivity contribution in [3.8, 4) is 11.5 Å². The molecule has 106 valence electrons. The van der Waals surface area contributed by atoms with E-state index in [1.807, 2.05) is 56.3 Å². The second-order valence-corrected chi connectivity index (χ2v) is 4.88. The van der Waals surface area contributed by atoms with Crippen molar-refractivity contribution in [1.29, 1.82) is 0 Å². The molecule has 20 heavy (non-hydrogen) atoms. The number of para-hydroxylation sites is 2. The van der Waals surface area contributed by atoms with E-state index in [-0.39, 0.29) is 6.04 Å². The fourth-order valence-corrected chi connectivity index (χ4v) is 2.26. The first-order valence-corrected chi connectivity index (χ1v) is 6.71. The Balaban J connectivity index is 2.11. The number of aryl methyl sites for hydroxylation is 2. The van der Waals surface area contributed by atoms with Gasteiger partial charge < -0.3 is 15.2 Å². The first-order chi connectivity index (χ1) is 9.63. The second kappa shape index (κ2) is 6.44. The lowest BCUT2D eigenvalue weighted by Crippen LogP contribution is -2.20. The molecule has 1 atom stereocenters. The van der Waals surface area contributed by atoms with E-state index in [0.717, 1.165) is 28.2 Å². The van der Waals surface area contributed by atoms with Crippen LogP contribution in [0.1, 0.15) is 22.7 Å². The molecule has 1 unspecified atom stereocenters. The van der Waals surface area contributed by atoms with Gasteiger partial charge in [-0.1, -0.05) is 36.4 Å². The van der Waals surface area contributed by atoms with Crippen molar-refractivity contribution < 1.29 is 9.47 Å². The van der Waals surface area contributed by atoms with Crippen molar-refractivity contribution in [2.75, 3.05) is 13.7 Å². The van der Waals surface area contributed by atoms with Crippen molar-refractivity contribution in [3.63, 3.8) is 0 Å². The zero-order chi connectivity index (χ0) is 14.5. The first kappa shape index (κ1) is 14.4. The summed E-state index contributed by atoms with van der Waals surface area (Å²) in [5, 5.41) is 0. The number of hydrogen-bond acceptors (Lipinski definition) is 3. The lowest BCUT2D eigenvalue weighted by molar-refractivity contribution is 0.283. The smallest absolute Gasteiger partial charge is 0.125 e. The van der Waals surface area contributed by atoms with Crippen LogP contribution in [-0.2, 0) is 0 Å². The Bertz CT molecular complexity index is 561. The molecule has 0 amide bonds. The van der Waals surface area contributed by atoms with Gasteiger partial charge in [0, 0.05) is 5.56 Å². The maximum Gasteiger partial charge on any atom is 0.125 e. The topological polar surface area (TPSA) is 44.5 Å². The SMILES string of the molecule is COc1ccccc1C(N)COc1c(C)cccc1C. The van der Waals surface area contributed by atoms with Crippen LogP contribution < -0.4 is 15.2 Å². The average molecular weight is 271 g/mol. The molecular weight excluding hydrogens is 250 g/mol. The van der Waals surface area contributed by atoms with E-state index in [9.17, 15) is 0 Å². The summed E-state index contributed by atoms with van der Waals surface area (Å²) in [4.78, 5) is 0. The summed E-state index contributed by atoms with van der Waals surface area (Å²) in [6.07, 6.45) is 0. The summed E-state index contributed by atoms with van der Waals surface area (Å²) in [5.41, 5.74) is 9.42. The molecule has 3 heteroatoms. The van der Waals surface area contributed by atoms with Crippen LogP contribution in [0.2, 0.25) is 0 Å². The molecule has 0 aliphatic rings. The predicted octanol–water partition coefficient (Wildman–Crippen LogP) is 3.39. The first-order valence-electron chi connectivity index (χ1n) is 6.71. The largest absolute Gasteiger partial charge is 0.496 e. The molecule has 0 radical (unpaired) electrons. The number of methoxy groups -OCH3 is 1. The summed E-state index contributed by atoms with van der Waals surface area (Å²) < 4.78 is 11.2. The molecule has 2 rings (SSSR count). The maximum absolute atomic E-state index is 6.21. The standard InChI is InChI=1S/C17H21NO2/c1-12-7-6-8-13(2)17(12)20-11-15(18)14-9-4-5-10-16(14)19-3/h4-10,15H,11,18H2,1-3H3. The van der Waals surface area contributed by atoms with Crippen molar-refractivity contribution in [1.82, 2.24) is 0 Å². The van der Waals surface area contributed by atoms with E-state index in [1.165, 1.54) is 0 Å². The van der Waals surface area contributed by atoms with Gasteiger partial charge in [0.2, 0.25) is 0 Å². The van der Waals surface area contributed by atoms with Crippen LogP contribution in [0.3, 0.4) is 0 Å². The Kier molecular flexibility index (Phi) is 4.64. The summed E-state index contributed by atoms with van der Waals surface area (Å²) >= 11 is 0. The number of benzene rings is 2. The highest BCUT2D eigenvalue weighted by atomic mass is 16.5. The molecule has 0 fully saturated rings. The van der Waals surface area contributed by atoms with Crippen LogP contribution in [0.5, 0.6) is 11.5 Å². The zero-order valence-electron chi connectivity index (χ0n) is 12.2. The molecule has 0 aromatic heterocycles. The molecule has 0 saturated heterocycles. The quantitative estimate of drug-likeness (QED) is 0.906. The van der Waals surface area contributed by atoms with E-state index in [0.29, 0.717) is 6.61 Å². The molecule has 2 aromatic carbocycles. The molecule has 2 aromatic rings. The second-order valence-electron chi connectivity index (χ2n) is 4.88. The minimum Gasteiger partial charge on any atom is -0.496 e. The third-order valence-corrected chi connectivity index (χ3v) is 3.35. The van der Waals surface area contributed by atoms with Crippen LogP contribution in [0.4, 0.5) is 0 Å². The van der Waals surface area contributed by atoms with Gasteiger partial charge in [-0.25, -0.2) is 0 Å². The Morgan fingerprint density at radius 3 is 2.30 bits per heavy atom. The summed E-state index contributed by atoms with van der Waals surface area (Å²) in [6, 6.07) is 13.7. The molecule has 0 spiro atoms. The minimum absolute atomic E-state index is 0.217. The van der Waals surface area contributed by atoms with Crippen LogP contribution >= 0.6 is 0 Å². The molecule has 0 saturated carbocycles. The highest BCUT2D eigenvalue weighted by Crippen LogP contribution is 2.26. The van der Waals surface area contributed by atoms with Gasteiger partial charge in [-0.15, -0.1) is 0 Å². The molecule has 0 aliphatic heterocycles. The van der Waals surface area contributed by atoms with Crippen LogP contribution in [0.15, 0.2) is 42.5 Å². The van der Waals surface area contributed by atoms with Crippen LogP contribution in [0, 0.1) is 13.8 Å². The molecular formula is C17H21NO2. The highest BCUT2D eigenvalue weighted by molar-refractivity contribution is 5.40. The Labute approximate surface area is 120 Å². The van der Waals surface area contributed by atoms with Gasteiger partial charge in [-0.2, -0.15) is 0 Å². The van der Waals surface area contributed by atoms with Gasteiger partial charge in [-0.3, -0.25) is 0 Å². The molecule has 0 aliphatic carbocycles. The van der Waals surface area contributed by atoms with Gasteiger partial charge in [0.25, 0.3) is 0 Å². The lowest BCUT2D eigenvalue weighted by Gasteiger charge is -2.18. The highest BCUT2D eigenvalue weighted by Gasteiger charge is 2.13. The van der Waals surface area contributed by atoms with Gasteiger partial charge in [-0.05, 0) is 31.0 Å². The Morgan fingerprint density at radius 2 is 1.65 bits per heavy atom. The van der Waals surface area contributed by atoms with Gasteiger partial charge >= 0.3 is 0 Å². The van der Waals surface area contributed by atoms with Gasteiger partial charge in [0.1, 0.15) is 18.1 Å². The van der Waals surface area contributed by atoms with E-state index < -0.39 is 0 Å². The maximum atomic E-state index is 6.21. The summed E-state index contributed by atoms with van der Waals surface area (Å²) in [7, 11) is 1.65. The third kappa shape index (κ3) is 3.11. The fourth-order valence-electron chi connectivity index (χ4n) is 2.26. The Morgan fingerprint density at radius 1 is 1.00 bits per heavy atom. The molecule has 0 heterocycles. The third-order valence-electron chi connectivity index (χ3n) is 3.35. The van der Waals surface area contributed by atoms with Crippen molar-refractivity contribution in [2.24, 2.45) is 5.73 Å². The van der Waals surface area contributed by atoms with Crippen LogP contribution in [0.25, 0.3) is 0 Å². The fraction of sp³-hybridized carbons (Fsp3) is 0.294. The summed E-state index contributed by atoms with van der Waals surface area (Å²) in [6.45, 7) is 4.50. The Hall–Kier alpha value is -2.00. The van der Waals surface area contributed by atoms with Crippen LogP contribution in [-0.4, -0.2) is 13.7 Å². The minimum atomic E-state index is -0.217. The van der Waals surface area contributed by atoms with E-state index in [2.05, 4.69) is 0 Å². The number of rotatable bonds is 5.